The summed E-state index contributed by atoms with van der Waals surface area (Å²) in [4.78, 5) is 35.4. The van der Waals surface area contributed by atoms with Crippen LogP contribution in [0.5, 0.6) is 0 Å². The van der Waals surface area contributed by atoms with E-state index < -0.39 is 29.3 Å². The molecule has 2 atom stereocenters. The lowest BCUT2D eigenvalue weighted by Crippen LogP contribution is -2.55. The van der Waals surface area contributed by atoms with E-state index in [1.807, 2.05) is 0 Å². The number of hydrogen-bond donors (Lipinski definition) is 2. The number of aliphatic hydroxyl groups is 2. The summed E-state index contributed by atoms with van der Waals surface area (Å²) in [7, 11) is 1.24. The van der Waals surface area contributed by atoms with Gasteiger partial charge in [-0.25, -0.2) is 28.1 Å². The van der Waals surface area contributed by atoms with Crippen LogP contribution in [0.25, 0.3) is 0 Å². The van der Waals surface area contributed by atoms with E-state index in [0.717, 1.165) is 13.7 Å². The van der Waals surface area contributed by atoms with Crippen molar-refractivity contribution in [3.63, 3.8) is 0 Å². The molecular weight excluding hydrogens is 242 g/mol. The minimum absolute atomic E-state index is 0.203. The molecule has 0 spiro atoms. The van der Waals surface area contributed by atoms with Gasteiger partial charge in [0.25, 0.3) is 0 Å². The lowest BCUT2D eigenvalue weighted by molar-refractivity contribution is 0.156. The second-order valence-corrected chi connectivity index (χ2v) is 4.33. The smallest absolute Gasteiger partial charge is 0.336 e. The Kier molecular flexibility index (Phi) is 4.25. The van der Waals surface area contributed by atoms with E-state index in [-0.39, 0.29) is 13.1 Å². The fourth-order valence-corrected chi connectivity index (χ4v) is 1.59. The fourth-order valence-electron chi connectivity index (χ4n) is 1.59. The molecule has 0 saturated heterocycles. The van der Waals surface area contributed by atoms with Gasteiger partial charge < -0.3 is 10.2 Å². The molecule has 0 bridgehead atoms. The standard InChI is InChI=1S/C10H17N3O5/c1-6(14)4-12-8(16)11(3)9(17)13(10(12)18)5-7(2)15/h6-7,14-15H,4-5H2,1-3H3. The molecule has 8 heteroatoms. The van der Waals surface area contributed by atoms with E-state index in [9.17, 15) is 24.6 Å². The normalized spacial score (nSPS) is 14.5. The van der Waals surface area contributed by atoms with Crippen molar-refractivity contribution in [3.05, 3.63) is 31.5 Å². The van der Waals surface area contributed by atoms with Crippen molar-refractivity contribution in [1.29, 1.82) is 0 Å². The first-order chi connectivity index (χ1) is 8.25. The fraction of sp³-hybridized carbons (Fsp3) is 0.700. The van der Waals surface area contributed by atoms with Crippen molar-refractivity contribution in [3.8, 4) is 0 Å². The molecular formula is C10H17N3O5. The van der Waals surface area contributed by atoms with Crippen molar-refractivity contribution in [2.75, 3.05) is 0 Å². The second-order valence-electron chi connectivity index (χ2n) is 4.33. The second kappa shape index (κ2) is 5.32. The van der Waals surface area contributed by atoms with E-state index in [1.54, 1.807) is 0 Å². The largest absolute Gasteiger partial charge is 0.392 e. The van der Waals surface area contributed by atoms with Crippen LogP contribution in [0, 0.1) is 0 Å². The average Bonchev–Trinajstić information content (AvgIpc) is 2.27. The Balaban J connectivity index is 3.55. The highest BCUT2D eigenvalue weighted by atomic mass is 16.3. The Morgan fingerprint density at radius 2 is 1.22 bits per heavy atom. The number of nitrogens with zero attached hydrogens (tertiary/aromatic N) is 3. The first kappa shape index (κ1) is 14.4. The number of aliphatic hydroxyl groups excluding tert-OH is 2. The van der Waals surface area contributed by atoms with Crippen LogP contribution in [-0.4, -0.2) is 36.1 Å². The molecule has 1 aromatic heterocycles. The highest BCUT2D eigenvalue weighted by Crippen LogP contribution is 1.85. The van der Waals surface area contributed by atoms with Crippen molar-refractivity contribution in [2.24, 2.45) is 7.05 Å². The maximum absolute atomic E-state index is 11.9. The Hall–Kier alpha value is -1.67. The molecule has 2 N–H and O–H groups in total. The van der Waals surface area contributed by atoms with E-state index in [0.29, 0.717) is 0 Å². The van der Waals surface area contributed by atoms with Crippen molar-refractivity contribution >= 4 is 0 Å². The molecule has 0 fully saturated rings. The van der Waals surface area contributed by atoms with Gasteiger partial charge in [0.1, 0.15) is 0 Å². The molecule has 0 aromatic carbocycles. The van der Waals surface area contributed by atoms with Gasteiger partial charge in [-0.15, -0.1) is 0 Å². The molecule has 0 saturated carbocycles. The van der Waals surface area contributed by atoms with E-state index in [4.69, 9.17) is 0 Å². The number of rotatable bonds is 4. The van der Waals surface area contributed by atoms with Gasteiger partial charge in [-0.2, -0.15) is 0 Å². The molecule has 8 nitrogen and oxygen atoms in total. The third kappa shape index (κ3) is 2.77. The van der Waals surface area contributed by atoms with Crippen LogP contribution >= 0.6 is 0 Å². The molecule has 0 aliphatic heterocycles. The lowest BCUT2D eigenvalue weighted by Gasteiger charge is -2.13. The maximum atomic E-state index is 11.9. The van der Waals surface area contributed by atoms with E-state index in [2.05, 4.69) is 0 Å². The Morgan fingerprint density at radius 1 is 0.889 bits per heavy atom. The van der Waals surface area contributed by atoms with Crippen molar-refractivity contribution < 1.29 is 10.2 Å². The first-order valence-electron chi connectivity index (χ1n) is 5.52. The van der Waals surface area contributed by atoms with Gasteiger partial charge >= 0.3 is 17.1 Å². The molecule has 0 aliphatic rings. The number of aromatic nitrogens is 3. The molecule has 1 heterocycles. The third-order valence-electron chi connectivity index (χ3n) is 2.39. The predicted octanol–water partition coefficient (Wildman–Crippen LogP) is -2.53. The Labute approximate surface area is 102 Å². The summed E-state index contributed by atoms with van der Waals surface area (Å²) < 4.78 is 2.31. The van der Waals surface area contributed by atoms with Crippen LogP contribution < -0.4 is 17.1 Å². The summed E-state index contributed by atoms with van der Waals surface area (Å²) in [5.74, 6) is 0. The van der Waals surface area contributed by atoms with E-state index in [1.165, 1.54) is 20.9 Å². The SMILES string of the molecule is CC(O)Cn1c(=O)n(C)c(=O)n(CC(C)O)c1=O. The monoisotopic (exact) mass is 259 g/mol. The van der Waals surface area contributed by atoms with E-state index >= 15 is 0 Å². The van der Waals surface area contributed by atoms with Gasteiger partial charge in [0.05, 0.1) is 25.3 Å². The minimum atomic E-state index is -0.895. The summed E-state index contributed by atoms with van der Waals surface area (Å²) in [6, 6.07) is 0. The molecule has 18 heavy (non-hydrogen) atoms. The third-order valence-corrected chi connectivity index (χ3v) is 2.39. The highest BCUT2D eigenvalue weighted by molar-refractivity contribution is 4.79. The van der Waals surface area contributed by atoms with Gasteiger partial charge in [-0.05, 0) is 13.8 Å². The lowest BCUT2D eigenvalue weighted by atomic mass is 10.4. The van der Waals surface area contributed by atoms with Crippen LogP contribution in [0.2, 0.25) is 0 Å². The van der Waals surface area contributed by atoms with Gasteiger partial charge in [0, 0.05) is 7.05 Å². The topological polar surface area (TPSA) is 106 Å². The van der Waals surface area contributed by atoms with Gasteiger partial charge in [0.15, 0.2) is 0 Å². The van der Waals surface area contributed by atoms with Crippen LogP contribution in [-0.2, 0) is 20.1 Å². The highest BCUT2D eigenvalue weighted by Gasteiger charge is 2.15. The van der Waals surface area contributed by atoms with Crippen LogP contribution in [0.3, 0.4) is 0 Å². The maximum Gasteiger partial charge on any atom is 0.336 e. The quantitative estimate of drug-likeness (QED) is 0.620. The van der Waals surface area contributed by atoms with Crippen LogP contribution in [0.1, 0.15) is 13.8 Å². The summed E-state index contributed by atoms with van der Waals surface area (Å²) >= 11 is 0. The van der Waals surface area contributed by atoms with Gasteiger partial charge in [-0.1, -0.05) is 0 Å². The molecule has 1 rings (SSSR count). The predicted molar refractivity (Wildman–Crippen MR) is 63.6 cm³/mol. The zero-order valence-corrected chi connectivity index (χ0v) is 10.5. The molecule has 2 unspecified atom stereocenters. The number of hydrogen-bond acceptors (Lipinski definition) is 5. The summed E-state index contributed by atoms with van der Waals surface area (Å²) in [5.41, 5.74) is -2.40. The minimum Gasteiger partial charge on any atom is -0.392 e. The first-order valence-corrected chi connectivity index (χ1v) is 5.52. The Morgan fingerprint density at radius 3 is 1.50 bits per heavy atom. The van der Waals surface area contributed by atoms with Crippen LogP contribution in [0.4, 0.5) is 0 Å². The molecule has 0 radical (unpaired) electrons. The van der Waals surface area contributed by atoms with Crippen molar-refractivity contribution in [2.45, 2.75) is 39.1 Å². The molecule has 0 aliphatic carbocycles. The zero-order chi connectivity index (χ0) is 14.0. The van der Waals surface area contributed by atoms with Crippen LogP contribution in [0.15, 0.2) is 14.4 Å². The van der Waals surface area contributed by atoms with Crippen molar-refractivity contribution in [1.82, 2.24) is 13.7 Å². The molecule has 102 valence electrons. The van der Waals surface area contributed by atoms with Gasteiger partial charge in [-0.3, -0.25) is 0 Å². The summed E-state index contributed by atoms with van der Waals surface area (Å²) in [6.07, 6.45) is -1.79. The summed E-state index contributed by atoms with van der Waals surface area (Å²) in [5, 5.41) is 18.5. The molecule has 1 aromatic rings. The zero-order valence-electron chi connectivity index (χ0n) is 10.5. The van der Waals surface area contributed by atoms with Gasteiger partial charge in [0.2, 0.25) is 0 Å². The molecule has 0 amide bonds. The summed E-state index contributed by atoms with van der Waals surface area (Å²) in [6.45, 7) is 2.45. The average molecular weight is 259 g/mol. The Bertz CT molecular complexity index is 545.